The molecule has 3 N–H and O–H groups in total. The van der Waals surface area contributed by atoms with E-state index in [1.54, 1.807) is 6.07 Å². The van der Waals surface area contributed by atoms with E-state index in [0.29, 0.717) is 18.5 Å². The van der Waals surface area contributed by atoms with Gasteiger partial charge in [0.25, 0.3) is 0 Å². The maximum absolute atomic E-state index is 13.2. The van der Waals surface area contributed by atoms with E-state index in [1.807, 2.05) is 6.92 Å². The zero-order chi connectivity index (χ0) is 16.0. The molecule has 0 aromatic heterocycles. The van der Waals surface area contributed by atoms with Gasteiger partial charge in [-0.15, -0.1) is 0 Å². The lowest BCUT2D eigenvalue weighted by molar-refractivity contribution is -0.137. The van der Waals surface area contributed by atoms with Crippen molar-refractivity contribution >= 4 is 11.6 Å². The van der Waals surface area contributed by atoms with Gasteiger partial charge in [0.05, 0.1) is 12.1 Å². The molecule has 1 aromatic carbocycles. The maximum Gasteiger partial charge on any atom is 0.418 e. The minimum Gasteiger partial charge on any atom is -0.362 e. The average molecular weight is 303 g/mol. The van der Waals surface area contributed by atoms with E-state index >= 15 is 0 Å². The van der Waals surface area contributed by atoms with Crippen molar-refractivity contribution in [3.63, 3.8) is 0 Å². The molecule has 0 atom stereocenters. The van der Waals surface area contributed by atoms with Crippen LogP contribution in [0, 0.1) is 0 Å². The molecular weight excluding hydrogens is 283 g/mol. The second-order valence-electron chi connectivity index (χ2n) is 4.65. The minimum atomic E-state index is -4.49. The molecule has 0 aliphatic carbocycles. The monoisotopic (exact) mass is 303 g/mol. The molecule has 1 aromatic rings. The zero-order valence-corrected chi connectivity index (χ0v) is 12.1. The van der Waals surface area contributed by atoms with Gasteiger partial charge < -0.3 is 16.0 Å². The number of amides is 1. The summed E-state index contributed by atoms with van der Waals surface area (Å²) in [5.41, 5.74) is 5.05. The van der Waals surface area contributed by atoms with Crippen LogP contribution in [0.2, 0.25) is 0 Å². The van der Waals surface area contributed by atoms with Crippen LogP contribution >= 0.6 is 0 Å². The number of anilines is 1. The van der Waals surface area contributed by atoms with Gasteiger partial charge in [-0.3, -0.25) is 4.79 Å². The van der Waals surface area contributed by atoms with Gasteiger partial charge in [-0.05, 0) is 24.1 Å². The van der Waals surface area contributed by atoms with Crippen LogP contribution in [0.15, 0.2) is 18.2 Å². The minimum absolute atomic E-state index is 0.00477. The number of alkyl halides is 3. The summed E-state index contributed by atoms with van der Waals surface area (Å²) in [5.74, 6) is -0.334. The summed E-state index contributed by atoms with van der Waals surface area (Å²) < 4.78 is 39.6. The number of hydrogen-bond donors (Lipinski definition) is 2. The SMILES string of the molecule is CCCN(CC(=O)NC)c1ccc(CN)cc1C(F)(F)F. The van der Waals surface area contributed by atoms with Crippen LogP contribution in [0.5, 0.6) is 0 Å². The number of halogens is 3. The van der Waals surface area contributed by atoms with Crippen molar-refractivity contribution in [2.45, 2.75) is 26.1 Å². The van der Waals surface area contributed by atoms with E-state index in [1.165, 1.54) is 18.0 Å². The molecule has 1 rings (SSSR count). The molecule has 0 spiro atoms. The third kappa shape index (κ3) is 4.63. The molecule has 0 unspecified atom stereocenters. The number of nitrogens with two attached hydrogens (primary N) is 1. The number of benzene rings is 1. The number of hydrogen-bond acceptors (Lipinski definition) is 3. The summed E-state index contributed by atoms with van der Waals surface area (Å²) in [5, 5.41) is 2.42. The van der Waals surface area contributed by atoms with Crippen LogP contribution in [0.1, 0.15) is 24.5 Å². The summed E-state index contributed by atoms with van der Waals surface area (Å²) in [6.45, 7) is 2.12. The van der Waals surface area contributed by atoms with Crippen LogP contribution in [0.3, 0.4) is 0 Å². The van der Waals surface area contributed by atoms with Crippen LogP contribution in [0.4, 0.5) is 18.9 Å². The lowest BCUT2D eigenvalue weighted by Gasteiger charge is -2.27. The molecule has 0 radical (unpaired) electrons. The molecule has 0 saturated heterocycles. The summed E-state index contributed by atoms with van der Waals surface area (Å²) in [6, 6.07) is 3.97. The van der Waals surface area contributed by atoms with E-state index in [0.717, 1.165) is 6.07 Å². The van der Waals surface area contributed by atoms with Gasteiger partial charge in [-0.2, -0.15) is 13.2 Å². The van der Waals surface area contributed by atoms with Crippen LogP contribution < -0.4 is 16.0 Å². The number of likely N-dealkylation sites (N-methyl/N-ethyl adjacent to an activating group) is 1. The first-order valence-electron chi connectivity index (χ1n) is 6.69. The summed E-state index contributed by atoms with van der Waals surface area (Å²) in [7, 11) is 1.45. The highest BCUT2D eigenvalue weighted by atomic mass is 19.4. The van der Waals surface area contributed by atoms with Crippen molar-refractivity contribution in [1.29, 1.82) is 0 Å². The van der Waals surface area contributed by atoms with Crippen LogP contribution in [-0.2, 0) is 17.5 Å². The van der Waals surface area contributed by atoms with E-state index in [4.69, 9.17) is 5.73 Å². The molecule has 0 aliphatic rings. The molecule has 0 bridgehead atoms. The molecule has 118 valence electrons. The molecule has 7 heteroatoms. The molecule has 4 nitrogen and oxygen atoms in total. The highest BCUT2D eigenvalue weighted by Gasteiger charge is 2.35. The van der Waals surface area contributed by atoms with Crippen LogP contribution in [0.25, 0.3) is 0 Å². The Morgan fingerprint density at radius 1 is 1.38 bits per heavy atom. The first-order valence-corrected chi connectivity index (χ1v) is 6.69. The number of rotatable bonds is 6. The second-order valence-corrected chi connectivity index (χ2v) is 4.65. The Bertz CT molecular complexity index is 489. The Kier molecular flexibility index (Phi) is 6.02. The third-order valence-electron chi connectivity index (χ3n) is 3.05. The Hall–Kier alpha value is -1.76. The summed E-state index contributed by atoms with van der Waals surface area (Å²) >= 11 is 0. The number of nitrogens with zero attached hydrogens (tertiary/aromatic N) is 1. The normalized spacial score (nSPS) is 11.3. The Balaban J connectivity index is 3.26. The molecule has 1 amide bonds. The van der Waals surface area contributed by atoms with Crippen molar-refractivity contribution in [2.24, 2.45) is 5.73 Å². The fourth-order valence-corrected chi connectivity index (χ4v) is 2.02. The smallest absolute Gasteiger partial charge is 0.362 e. The largest absolute Gasteiger partial charge is 0.418 e. The van der Waals surface area contributed by atoms with Crippen molar-refractivity contribution in [1.82, 2.24) is 5.32 Å². The lowest BCUT2D eigenvalue weighted by atomic mass is 10.1. The molecule has 0 heterocycles. The number of carbonyl (C=O) groups excluding carboxylic acids is 1. The van der Waals surface area contributed by atoms with E-state index in [9.17, 15) is 18.0 Å². The van der Waals surface area contributed by atoms with Gasteiger partial charge in [0.1, 0.15) is 0 Å². The highest BCUT2D eigenvalue weighted by molar-refractivity contribution is 5.81. The number of nitrogens with one attached hydrogen (secondary N) is 1. The van der Waals surface area contributed by atoms with E-state index < -0.39 is 11.7 Å². The third-order valence-corrected chi connectivity index (χ3v) is 3.05. The summed E-state index contributed by atoms with van der Waals surface area (Å²) in [6.07, 6.45) is -3.86. The van der Waals surface area contributed by atoms with E-state index in [2.05, 4.69) is 5.32 Å². The standard InChI is InChI=1S/C14H20F3N3O/c1-3-6-20(9-13(21)19-2)12-5-4-10(8-18)7-11(12)14(15,16)17/h4-5,7H,3,6,8-9,18H2,1-2H3,(H,19,21). The molecule has 0 aliphatic heterocycles. The topological polar surface area (TPSA) is 58.4 Å². The van der Waals surface area contributed by atoms with Crippen LogP contribution in [-0.4, -0.2) is 26.0 Å². The Morgan fingerprint density at radius 3 is 2.52 bits per heavy atom. The van der Waals surface area contributed by atoms with Gasteiger partial charge in [0, 0.05) is 25.8 Å². The van der Waals surface area contributed by atoms with Gasteiger partial charge in [-0.25, -0.2) is 0 Å². The second kappa shape index (κ2) is 7.31. The van der Waals surface area contributed by atoms with Gasteiger partial charge in [0.2, 0.25) is 5.91 Å². The van der Waals surface area contributed by atoms with Crippen molar-refractivity contribution in [2.75, 3.05) is 25.0 Å². The lowest BCUT2D eigenvalue weighted by Crippen LogP contribution is -2.37. The van der Waals surface area contributed by atoms with Crippen molar-refractivity contribution in [3.05, 3.63) is 29.3 Å². The van der Waals surface area contributed by atoms with Gasteiger partial charge in [0.15, 0.2) is 0 Å². The van der Waals surface area contributed by atoms with Gasteiger partial charge >= 0.3 is 6.18 Å². The molecule has 21 heavy (non-hydrogen) atoms. The predicted octanol–water partition coefficient (Wildman–Crippen LogP) is 2.13. The quantitative estimate of drug-likeness (QED) is 0.846. The fourth-order valence-electron chi connectivity index (χ4n) is 2.02. The highest BCUT2D eigenvalue weighted by Crippen LogP contribution is 2.37. The Labute approximate surface area is 122 Å². The molecule has 0 saturated carbocycles. The summed E-state index contributed by atoms with van der Waals surface area (Å²) in [4.78, 5) is 12.9. The predicted molar refractivity (Wildman–Crippen MR) is 75.9 cm³/mol. The zero-order valence-electron chi connectivity index (χ0n) is 12.1. The number of carbonyl (C=O) groups is 1. The maximum atomic E-state index is 13.2. The van der Waals surface area contributed by atoms with Crippen molar-refractivity contribution in [3.8, 4) is 0 Å². The average Bonchev–Trinajstić information content (AvgIpc) is 2.45. The molecular formula is C14H20F3N3O. The fraction of sp³-hybridized carbons (Fsp3) is 0.500. The molecule has 0 fully saturated rings. The van der Waals surface area contributed by atoms with E-state index in [-0.39, 0.29) is 24.7 Å². The first kappa shape index (κ1) is 17.3. The van der Waals surface area contributed by atoms with Crippen molar-refractivity contribution < 1.29 is 18.0 Å². The first-order chi connectivity index (χ1) is 9.83. The Morgan fingerprint density at radius 2 is 2.05 bits per heavy atom. The van der Waals surface area contributed by atoms with Gasteiger partial charge in [-0.1, -0.05) is 13.0 Å².